The Kier molecular flexibility index (Phi) is 5.58. The smallest absolute Gasteiger partial charge is 0.329 e. The summed E-state index contributed by atoms with van der Waals surface area (Å²) in [5.74, 6) is -0.322. The van der Waals surface area contributed by atoms with E-state index in [4.69, 9.17) is 9.84 Å². The number of hydrogen-bond donors (Lipinski definition) is 3. The molecule has 116 valence electrons. The molecule has 0 saturated heterocycles. The molecular weight excluding hydrogens is 272 g/mol. The van der Waals surface area contributed by atoms with Crippen LogP contribution in [0.15, 0.2) is 24.3 Å². The number of methoxy groups -OCH3 is 1. The fourth-order valence-corrected chi connectivity index (χ4v) is 1.75. The van der Waals surface area contributed by atoms with Crippen LogP contribution in [0.2, 0.25) is 0 Å². The molecule has 0 saturated carbocycles. The predicted molar refractivity (Wildman–Crippen MR) is 79.4 cm³/mol. The van der Waals surface area contributed by atoms with Crippen LogP contribution in [0.1, 0.15) is 38.8 Å². The molecule has 6 heteroatoms. The van der Waals surface area contributed by atoms with Gasteiger partial charge in [-0.05, 0) is 38.0 Å². The quantitative estimate of drug-likeness (QED) is 0.751. The predicted octanol–water partition coefficient (Wildman–Crippen LogP) is 2.31. The average molecular weight is 294 g/mol. The summed E-state index contributed by atoms with van der Waals surface area (Å²) in [6.07, 6.45) is 0.298. The molecule has 1 aromatic carbocycles. The normalized spacial score (nSPS) is 14.7. The summed E-state index contributed by atoms with van der Waals surface area (Å²) < 4.78 is 5.07. The van der Waals surface area contributed by atoms with Crippen molar-refractivity contribution in [3.05, 3.63) is 29.8 Å². The van der Waals surface area contributed by atoms with Gasteiger partial charge in [0.25, 0.3) is 0 Å². The maximum atomic E-state index is 11.9. The maximum Gasteiger partial charge on any atom is 0.329 e. The number of urea groups is 1. The Labute approximate surface area is 124 Å². The fourth-order valence-electron chi connectivity index (χ4n) is 1.75. The second-order valence-electron chi connectivity index (χ2n) is 5.08. The third-order valence-electron chi connectivity index (χ3n) is 3.53. The molecule has 0 radical (unpaired) electrons. The van der Waals surface area contributed by atoms with Crippen molar-refractivity contribution in [2.45, 2.75) is 38.8 Å². The molecule has 0 bridgehead atoms. The van der Waals surface area contributed by atoms with Crippen molar-refractivity contribution < 1.29 is 19.4 Å². The highest BCUT2D eigenvalue weighted by Gasteiger charge is 2.33. The number of carboxylic acids is 1. The SMILES string of the molecule is CCC(C)(NC(=O)NC(C)c1ccc(OC)cc1)C(=O)O. The third kappa shape index (κ3) is 4.37. The van der Waals surface area contributed by atoms with Crippen molar-refractivity contribution >= 4 is 12.0 Å². The lowest BCUT2D eigenvalue weighted by atomic mass is 10.00. The zero-order valence-electron chi connectivity index (χ0n) is 12.8. The number of carbonyl (C=O) groups is 2. The number of aliphatic carboxylic acids is 1. The molecule has 6 nitrogen and oxygen atoms in total. The van der Waals surface area contributed by atoms with E-state index in [2.05, 4.69) is 10.6 Å². The molecule has 2 unspecified atom stereocenters. The second kappa shape index (κ2) is 6.97. The van der Waals surface area contributed by atoms with Crippen molar-refractivity contribution in [3.63, 3.8) is 0 Å². The molecule has 1 aromatic rings. The van der Waals surface area contributed by atoms with Crippen LogP contribution in [-0.4, -0.2) is 29.8 Å². The summed E-state index contributed by atoms with van der Waals surface area (Å²) in [6.45, 7) is 5.01. The van der Waals surface area contributed by atoms with E-state index >= 15 is 0 Å². The summed E-state index contributed by atoms with van der Waals surface area (Å²) >= 11 is 0. The average Bonchev–Trinajstić information content (AvgIpc) is 2.46. The summed E-state index contributed by atoms with van der Waals surface area (Å²) in [5, 5.41) is 14.3. The number of carbonyl (C=O) groups excluding carboxylic acids is 1. The number of carboxylic acid groups (broad SMARTS) is 1. The van der Waals surface area contributed by atoms with E-state index in [0.717, 1.165) is 11.3 Å². The number of nitrogens with one attached hydrogen (secondary N) is 2. The lowest BCUT2D eigenvalue weighted by Gasteiger charge is -2.26. The van der Waals surface area contributed by atoms with E-state index in [1.54, 1.807) is 26.2 Å². The van der Waals surface area contributed by atoms with Gasteiger partial charge in [-0.3, -0.25) is 0 Å². The Morgan fingerprint density at radius 2 is 1.90 bits per heavy atom. The monoisotopic (exact) mass is 294 g/mol. The number of hydrogen-bond acceptors (Lipinski definition) is 3. The Morgan fingerprint density at radius 3 is 2.33 bits per heavy atom. The molecule has 2 atom stereocenters. The van der Waals surface area contributed by atoms with Crippen LogP contribution in [0.5, 0.6) is 5.75 Å². The van der Waals surface area contributed by atoms with Gasteiger partial charge in [0, 0.05) is 0 Å². The Balaban J connectivity index is 2.67. The van der Waals surface area contributed by atoms with E-state index < -0.39 is 17.5 Å². The van der Waals surface area contributed by atoms with Gasteiger partial charge in [-0.2, -0.15) is 0 Å². The van der Waals surface area contributed by atoms with Crippen molar-refractivity contribution in [2.75, 3.05) is 7.11 Å². The van der Waals surface area contributed by atoms with Crippen molar-refractivity contribution in [1.29, 1.82) is 0 Å². The van der Waals surface area contributed by atoms with Gasteiger partial charge in [-0.15, -0.1) is 0 Å². The van der Waals surface area contributed by atoms with Gasteiger partial charge in [-0.25, -0.2) is 9.59 Å². The van der Waals surface area contributed by atoms with Gasteiger partial charge in [0.15, 0.2) is 0 Å². The van der Waals surface area contributed by atoms with Crippen LogP contribution in [0, 0.1) is 0 Å². The van der Waals surface area contributed by atoms with Crippen LogP contribution >= 0.6 is 0 Å². The lowest BCUT2D eigenvalue weighted by Crippen LogP contribution is -2.55. The Morgan fingerprint density at radius 1 is 1.33 bits per heavy atom. The highest BCUT2D eigenvalue weighted by atomic mass is 16.5. The zero-order valence-corrected chi connectivity index (χ0v) is 12.8. The number of benzene rings is 1. The first-order chi connectivity index (χ1) is 9.82. The molecule has 0 aromatic heterocycles. The van der Waals surface area contributed by atoms with Crippen molar-refractivity contribution in [1.82, 2.24) is 10.6 Å². The van der Waals surface area contributed by atoms with Crippen LogP contribution in [0.4, 0.5) is 4.79 Å². The molecule has 3 N–H and O–H groups in total. The van der Waals surface area contributed by atoms with Crippen LogP contribution in [-0.2, 0) is 4.79 Å². The van der Waals surface area contributed by atoms with Crippen LogP contribution in [0.3, 0.4) is 0 Å². The maximum absolute atomic E-state index is 11.9. The minimum atomic E-state index is -1.27. The summed E-state index contributed by atoms with van der Waals surface area (Å²) in [7, 11) is 1.58. The minimum absolute atomic E-state index is 0.245. The molecule has 0 aliphatic heterocycles. The van der Waals surface area contributed by atoms with Crippen molar-refractivity contribution in [2.24, 2.45) is 0 Å². The topological polar surface area (TPSA) is 87.7 Å². The molecule has 2 amide bonds. The molecule has 0 heterocycles. The fraction of sp³-hybridized carbons (Fsp3) is 0.467. The first kappa shape index (κ1) is 16.8. The third-order valence-corrected chi connectivity index (χ3v) is 3.53. The lowest BCUT2D eigenvalue weighted by molar-refractivity contribution is -0.143. The molecule has 21 heavy (non-hydrogen) atoms. The number of amides is 2. The highest BCUT2D eigenvalue weighted by molar-refractivity contribution is 5.85. The van der Waals surface area contributed by atoms with Crippen LogP contribution in [0.25, 0.3) is 0 Å². The first-order valence-corrected chi connectivity index (χ1v) is 6.78. The molecule has 0 aliphatic carbocycles. The number of rotatable bonds is 6. The van der Waals surface area contributed by atoms with Crippen LogP contribution < -0.4 is 15.4 Å². The van der Waals surface area contributed by atoms with E-state index in [-0.39, 0.29) is 6.04 Å². The Bertz CT molecular complexity index is 501. The molecule has 0 spiro atoms. The second-order valence-corrected chi connectivity index (χ2v) is 5.08. The summed E-state index contributed by atoms with van der Waals surface area (Å²) in [4.78, 5) is 23.1. The van der Waals surface area contributed by atoms with E-state index in [0.29, 0.717) is 6.42 Å². The van der Waals surface area contributed by atoms with Gasteiger partial charge in [0.1, 0.15) is 11.3 Å². The van der Waals surface area contributed by atoms with Gasteiger partial charge < -0.3 is 20.5 Å². The van der Waals surface area contributed by atoms with Gasteiger partial charge in [0.05, 0.1) is 13.2 Å². The highest BCUT2D eigenvalue weighted by Crippen LogP contribution is 2.17. The zero-order chi connectivity index (χ0) is 16.0. The summed E-state index contributed by atoms with van der Waals surface area (Å²) in [5.41, 5.74) is -0.372. The van der Waals surface area contributed by atoms with E-state index in [1.807, 2.05) is 19.1 Å². The standard InChI is InChI=1S/C15H22N2O4/c1-5-15(3,13(18)19)17-14(20)16-10(2)11-6-8-12(21-4)9-7-11/h6-10H,5H2,1-4H3,(H,18,19)(H2,16,17,20). The van der Waals surface area contributed by atoms with E-state index in [1.165, 1.54) is 6.92 Å². The van der Waals surface area contributed by atoms with Gasteiger partial charge in [0.2, 0.25) is 0 Å². The van der Waals surface area contributed by atoms with Gasteiger partial charge >= 0.3 is 12.0 Å². The first-order valence-electron chi connectivity index (χ1n) is 6.78. The largest absolute Gasteiger partial charge is 0.497 e. The molecule has 1 rings (SSSR count). The van der Waals surface area contributed by atoms with Crippen molar-refractivity contribution in [3.8, 4) is 5.75 Å². The van der Waals surface area contributed by atoms with E-state index in [9.17, 15) is 9.59 Å². The molecular formula is C15H22N2O4. The summed E-state index contributed by atoms with van der Waals surface area (Å²) in [6, 6.07) is 6.55. The Hall–Kier alpha value is -2.24. The van der Waals surface area contributed by atoms with Gasteiger partial charge in [-0.1, -0.05) is 19.1 Å². The molecule has 0 aliphatic rings. The number of ether oxygens (including phenoxy) is 1. The molecule has 0 fully saturated rings. The minimum Gasteiger partial charge on any atom is -0.497 e.